The van der Waals surface area contributed by atoms with Gasteiger partial charge >= 0.3 is 0 Å². The van der Waals surface area contributed by atoms with Gasteiger partial charge in [0.15, 0.2) is 5.82 Å². The van der Waals surface area contributed by atoms with Crippen LogP contribution in [-0.4, -0.2) is 22.5 Å². The Morgan fingerprint density at radius 1 is 1.39 bits per heavy atom. The maximum Gasteiger partial charge on any atom is 0.254 e. The van der Waals surface area contributed by atoms with Gasteiger partial charge in [0.05, 0.1) is 5.69 Å². The van der Waals surface area contributed by atoms with E-state index >= 15 is 0 Å². The highest BCUT2D eigenvalue weighted by Gasteiger charge is 2.34. The van der Waals surface area contributed by atoms with Crippen LogP contribution in [-0.2, 0) is 10.3 Å². The largest absolute Gasteiger partial charge is 0.383 e. The van der Waals surface area contributed by atoms with E-state index < -0.39 is 11.5 Å². The second kappa shape index (κ2) is 4.53. The molecular formula is C12H18N4O2. The molecule has 0 aromatic carbocycles. The van der Waals surface area contributed by atoms with E-state index in [4.69, 9.17) is 16.2 Å². The minimum Gasteiger partial charge on any atom is -0.383 e. The Morgan fingerprint density at radius 2 is 2.11 bits per heavy atom. The molecule has 1 atom stereocenters. The van der Waals surface area contributed by atoms with Crippen LogP contribution >= 0.6 is 0 Å². The zero-order valence-corrected chi connectivity index (χ0v) is 10.7. The number of hydrogen-bond donors (Lipinski definition) is 2. The number of aryl methyl sites for hydroxylation is 1. The van der Waals surface area contributed by atoms with Crippen LogP contribution in [0.15, 0.2) is 0 Å². The number of nitrogens with two attached hydrogens (primary N) is 2. The van der Waals surface area contributed by atoms with Crippen LogP contribution < -0.4 is 11.5 Å². The number of hydrogen-bond acceptors (Lipinski definition) is 5. The first-order valence-electron chi connectivity index (χ1n) is 6.02. The van der Waals surface area contributed by atoms with E-state index in [9.17, 15) is 4.79 Å². The minimum absolute atomic E-state index is 0.125. The molecule has 18 heavy (non-hydrogen) atoms. The molecular weight excluding hydrogens is 232 g/mol. The van der Waals surface area contributed by atoms with Crippen molar-refractivity contribution in [1.82, 2.24) is 9.97 Å². The fourth-order valence-corrected chi connectivity index (χ4v) is 2.25. The maximum absolute atomic E-state index is 11.2. The van der Waals surface area contributed by atoms with E-state index in [1.54, 1.807) is 6.92 Å². The molecule has 0 saturated carbocycles. The summed E-state index contributed by atoms with van der Waals surface area (Å²) in [7, 11) is 0. The Balaban J connectivity index is 2.44. The van der Waals surface area contributed by atoms with E-state index in [1.165, 1.54) is 0 Å². The van der Waals surface area contributed by atoms with Gasteiger partial charge in [0.25, 0.3) is 5.91 Å². The number of primary amides is 1. The lowest BCUT2D eigenvalue weighted by Gasteiger charge is -2.32. The summed E-state index contributed by atoms with van der Waals surface area (Å²) in [5.41, 5.74) is 11.2. The number of nitrogen functional groups attached to an aromatic ring is 1. The van der Waals surface area contributed by atoms with Crippen molar-refractivity contribution in [2.45, 2.75) is 38.7 Å². The molecule has 4 N–H and O–H groups in total. The zero-order chi connectivity index (χ0) is 13.3. The molecule has 1 aliphatic heterocycles. The molecule has 0 radical (unpaired) electrons. The summed E-state index contributed by atoms with van der Waals surface area (Å²) >= 11 is 0. The predicted octanol–water partition coefficient (Wildman–Crippen LogP) is 0.882. The van der Waals surface area contributed by atoms with E-state index in [-0.39, 0.29) is 11.4 Å². The number of anilines is 1. The van der Waals surface area contributed by atoms with Gasteiger partial charge in [0, 0.05) is 6.61 Å². The molecule has 6 nitrogen and oxygen atoms in total. The van der Waals surface area contributed by atoms with Gasteiger partial charge in [-0.25, -0.2) is 9.97 Å². The second-order valence-corrected chi connectivity index (χ2v) is 4.79. The van der Waals surface area contributed by atoms with Crippen LogP contribution in [0.2, 0.25) is 0 Å². The third-order valence-electron chi connectivity index (χ3n) is 3.31. The normalized spacial score (nSPS) is 23.9. The van der Waals surface area contributed by atoms with E-state index in [0.29, 0.717) is 18.1 Å². The molecule has 0 spiro atoms. The molecule has 1 aromatic heterocycles. The number of aromatic nitrogens is 2. The Kier molecular flexibility index (Phi) is 3.21. The fourth-order valence-electron chi connectivity index (χ4n) is 2.25. The topological polar surface area (TPSA) is 104 Å². The quantitative estimate of drug-likeness (QED) is 0.810. The van der Waals surface area contributed by atoms with Crippen LogP contribution in [0, 0.1) is 6.92 Å². The van der Waals surface area contributed by atoms with Gasteiger partial charge in [0.1, 0.15) is 17.0 Å². The van der Waals surface area contributed by atoms with Crippen molar-refractivity contribution in [3.63, 3.8) is 0 Å². The summed E-state index contributed by atoms with van der Waals surface area (Å²) in [6, 6.07) is 0. The Labute approximate surface area is 106 Å². The number of nitrogens with zero attached hydrogens (tertiary/aromatic N) is 2. The molecule has 2 heterocycles. The molecule has 98 valence electrons. The van der Waals surface area contributed by atoms with E-state index in [1.807, 2.05) is 6.92 Å². The second-order valence-electron chi connectivity index (χ2n) is 4.79. The standard InChI is InChI=1S/C12H18N4O2/c1-7-8(10(14)17)9(13)16-11(15-7)12(2)5-3-4-6-18-12/h3-6H2,1-2H3,(H2,14,17)(H2,13,15,16). The molecule has 1 aliphatic rings. The first-order valence-corrected chi connectivity index (χ1v) is 6.02. The lowest BCUT2D eigenvalue weighted by Crippen LogP contribution is -2.33. The van der Waals surface area contributed by atoms with Crippen molar-refractivity contribution >= 4 is 11.7 Å². The maximum atomic E-state index is 11.2. The third-order valence-corrected chi connectivity index (χ3v) is 3.31. The van der Waals surface area contributed by atoms with Crippen molar-refractivity contribution in [1.29, 1.82) is 0 Å². The smallest absolute Gasteiger partial charge is 0.254 e. The first-order chi connectivity index (χ1) is 8.44. The number of rotatable bonds is 2. The van der Waals surface area contributed by atoms with Gasteiger partial charge in [-0.1, -0.05) is 0 Å². The summed E-state index contributed by atoms with van der Waals surface area (Å²) in [4.78, 5) is 19.8. The Hall–Kier alpha value is -1.69. The molecule has 0 bridgehead atoms. The summed E-state index contributed by atoms with van der Waals surface area (Å²) in [6.45, 7) is 4.34. The minimum atomic E-state index is -0.605. The van der Waals surface area contributed by atoms with Crippen molar-refractivity contribution in [2.75, 3.05) is 12.3 Å². The van der Waals surface area contributed by atoms with E-state index in [2.05, 4.69) is 9.97 Å². The van der Waals surface area contributed by atoms with Crippen LogP contribution in [0.3, 0.4) is 0 Å². The summed E-state index contributed by atoms with van der Waals surface area (Å²) in [6.07, 6.45) is 2.96. The molecule has 0 aliphatic carbocycles. The SMILES string of the molecule is Cc1nc(C2(C)CCCCO2)nc(N)c1C(N)=O. The third kappa shape index (κ3) is 2.15. The van der Waals surface area contributed by atoms with Gasteiger partial charge < -0.3 is 16.2 Å². The lowest BCUT2D eigenvalue weighted by molar-refractivity contribution is -0.0760. The molecule has 1 aromatic rings. The van der Waals surface area contributed by atoms with Gasteiger partial charge in [-0.15, -0.1) is 0 Å². The average Bonchev–Trinajstić information content (AvgIpc) is 2.28. The van der Waals surface area contributed by atoms with Crippen molar-refractivity contribution in [3.8, 4) is 0 Å². The van der Waals surface area contributed by atoms with Crippen molar-refractivity contribution in [2.24, 2.45) is 5.73 Å². The van der Waals surface area contributed by atoms with Crippen LogP contribution in [0.5, 0.6) is 0 Å². The fraction of sp³-hybridized carbons (Fsp3) is 0.583. The van der Waals surface area contributed by atoms with Crippen molar-refractivity contribution < 1.29 is 9.53 Å². The molecule has 1 unspecified atom stereocenters. The van der Waals surface area contributed by atoms with Gasteiger partial charge in [-0.05, 0) is 33.1 Å². The molecule has 2 rings (SSSR count). The zero-order valence-electron chi connectivity index (χ0n) is 10.7. The average molecular weight is 250 g/mol. The van der Waals surface area contributed by atoms with Crippen LogP contribution in [0.25, 0.3) is 0 Å². The Morgan fingerprint density at radius 3 is 2.61 bits per heavy atom. The molecule has 1 amide bonds. The molecule has 1 fully saturated rings. The number of carbonyl (C=O) groups excluding carboxylic acids is 1. The number of carbonyl (C=O) groups is 1. The van der Waals surface area contributed by atoms with Gasteiger partial charge in [-0.3, -0.25) is 4.79 Å². The summed E-state index contributed by atoms with van der Waals surface area (Å²) < 4.78 is 5.77. The van der Waals surface area contributed by atoms with Crippen LogP contribution in [0.1, 0.15) is 48.1 Å². The summed E-state index contributed by atoms with van der Waals surface area (Å²) in [5.74, 6) is 0.0499. The van der Waals surface area contributed by atoms with Crippen LogP contribution in [0.4, 0.5) is 5.82 Å². The van der Waals surface area contributed by atoms with Crippen molar-refractivity contribution in [3.05, 3.63) is 17.1 Å². The highest BCUT2D eigenvalue weighted by Crippen LogP contribution is 2.33. The highest BCUT2D eigenvalue weighted by atomic mass is 16.5. The predicted molar refractivity (Wildman–Crippen MR) is 66.9 cm³/mol. The highest BCUT2D eigenvalue weighted by molar-refractivity contribution is 5.98. The first kappa shape index (κ1) is 12.8. The van der Waals surface area contributed by atoms with Gasteiger partial charge in [0.2, 0.25) is 0 Å². The number of amides is 1. The lowest BCUT2D eigenvalue weighted by atomic mass is 9.94. The molecule has 6 heteroatoms. The molecule has 1 saturated heterocycles. The summed E-state index contributed by atoms with van der Waals surface area (Å²) in [5, 5.41) is 0. The van der Waals surface area contributed by atoms with Gasteiger partial charge in [-0.2, -0.15) is 0 Å². The Bertz CT molecular complexity index is 458. The number of ether oxygens (including phenoxy) is 1. The monoisotopic (exact) mass is 250 g/mol. The van der Waals surface area contributed by atoms with E-state index in [0.717, 1.165) is 19.3 Å².